The summed E-state index contributed by atoms with van der Waals surface area (Å²) < 4.78 is 0. The van der Waals surface area contributed by atoms with Crippen molar-refractivity contribution in [2.45, 2.75) is 63.9 Å². The van der Waals surface area contributed by atoms with Crippen LogP contribution in [0.25, 0.3) is 0 Å². The van der Waals surface area contributed by atoms with Gasteiger partial charge < -0.3 is 0 Å². The average Bonchev–Trinajstić information content (AvgIpc) is 2.97. The molecular weight excluding hydrogens is 224 g/mol. The lowest BCUT2D eigenvalue weighted by Crippen LogP contribution is -2.55. The minimum absolute atomic E-state index is 0.707. The van der Waals surface area contributed by atoms with Gasteiger partial charge in [-0.05, 0) is 25.7 Å². The standard InChI is InChI=1S/C14H26N4/c1-3-11-5-7-15-10-18-12(4-2)6-8-16-9-17(11)13(15)14(16)18/h11-14H,3-10H2,1-2H3/t11-,12+,13-,14-/m1/s1. The molecule has 0 spiro atoms. The van der Waals surface area contributed by atoms with Crippen molar-refractivity contribution in [3.8, 4) is 0 Å². The second-order valence-electron chi connectivity index (χ2n) is 6.46. The first-order chi connectivity index (χ1) is 8.83. The molecule has 4 fully saturated rings. The van der Waals surface area contributed by atoms with Crippen molar-refractivity contribution < 1.29 is 0 Å². The van der Waals surface area contributed by atoms with Crippen molar-refractivity contribution in [1.29, 1.82) is 0 Å². The fourth-order valence-electron chi connectivity index (χ4n) is 4.80. The van der Waals surface area contributed by atoms with Crippen LogP contribution in [0.2, 0.25) is 0 Å². The molecule has 4 nitrogen and oxygen atoms in total. The van der Waals surface area contributed by atoms with Crippen LogP contribution in [-0.2, 0) is 0 Å². The summed E-state index contributed by atoms with van der Waals surface area (Å²) in [4.78, 5) is 11.1. The molecule has 0 aliphatic carbocycles. The number of rotatable bonds is 2. The molecule has 4 aliphatic heterocycles. The van der Waals surface area contributed by atoms with Crippen LogP contribution < -0.4 is 0 Å². The van der Waals surface area contributed by atoms with Gasteiger partial charge in [0.2, 0.25) is 0 Å². The highest BCUT2D eigenvalue weighted by molar-refractivity contribution is 5.05. The van der Waals surface area contributed by atoms with Gasteiger partial charge in [0.05, 0.1) is 25.7 Å². The van der Waals surface area contributed by atoms with Gasteiger partial charge in [0.1, 0.15) is 0 Å². The van der Waals surface area contributed by atoms with Crippen LogP contribution in [0.1, 0.15) is 39.5 Å². The van der Waals surface area contributed by atoms with Gasteiger partial charge in [-0.1, -0.05) is 13.8 Å². The van der Waals surface area contributed by atoms with Gasteiger partial charge in [0, 0.05) is 25.2 Å². The van der Waals surface area contributed by atoms with E-state index >= 15 is 0 Å². The summed E-state index contributed by atoms with van der Waals surface area (Å²) in [5.41, 5.74) is 0. The molecule has 0 bridgehead atoms. The van der Waals surface area contributed by atoms with Crippen molar-refractivity contribution in [2.75, 3.05) is 26.4 Å². The van der Waals surface area contributed by atoms with Gasteiger partial charge in [-0.2, -0.15) is 0 Å². The third kappa shape index (κ3) is 1.40. The minimum Gasteiger partial charge on any atom is -0.272 e. The van der Waals surface area contributed by atoms with Gasteiger partial charge in [0.25, 0.3) is 0 Å². The lowest BCUT2D eigenvalue weighted by molar-refractivity contribution is -0.00955. The van der Waals surface area contributed by atoms with Crippen LogP contribution in [0.15, 0.2) is 0 Å². The highest BCUT2D eigenvalue weighted by Gasteiger charge is 2.57. The van der Waals surface area contributed by atoms with E-state index in [1.165, 1.54) is 52.1 Å². The number of hydrogen-bond acceptors (Lipinski definition) is 4. The third-order valence-corrected chi connectivity index (χ3v) is 5.76. The van der Waals surface area contributed by atoms with Crippen LogP contribution in [0.3, 0.4) is 0 Å². The summed E-state index contributed by atoms with van der Waals surface area (Å²) in [7, 11) is 0. The Kier molecular flexibility index (Phi) is 2.70. The van der Waals surface area contributed by atoms with Crippen molar-refractivity contribution in [3.63, 3.8) is 0 Å². The fraction of sp³-hybridized carbons (Fsp3) is 1.00. The second kappa shape index (κ2) is 4.17. The summed E-state index contributed by atoms with van der Waals surface area (Å²) in [6.07, 6.45) is 6.80. The van der Waals surface area contributed by atoms with E-state index in [9.17, 15) is 0 Å². The molecule has 0 aromatic heterocycles. The number of nitrogens with zero attached hydrogens (tertiary/aromatic N) is 4. The molecule has 0 aromatic carbocycles. The van der Waals surface area contributed by atoms with E-state index in [2.05, 4.69) is 33.4 Å². The minimum atomic E-state index is 0.707. The summed E-state index contributed by atoms with van der Waals surface area (Å²) >= 11 is 0. The molecule has 102 valence electrons. The summed E-state index contributed by atoms with van der Waals surface area (Å²) in [6, 6.07) is 1.66. The molecule has 0 saturated carbocycles. The van der Waals surface area contributed by atoms with Crippen molar-refractivity contribution in [2.24, 2.45) is 0 Å². The molecule has 0 N–H and O–H groups in total. The Morgan fingerprint density at radius 2 is 1.22 bits per heavy atom. The SMILES string of the molecule is CC[C@@H]1CCN2CN3[C@@H](CC)CCN4CN1[C@@H]2[C@H]43. The van der Waals surface area contributed by atoms with Crippen LogP contribution >= 0.6 is 0 Å². The van der Waals surface area contributed by atoms with Gasteiger partial charge in [-0.25, -0.2) is 0 Å². The molecule has 4 heterocycles. The first kappa shape index (κ1) is 11.6. The van der Waals surface area contributed by atoms with E-state index in [-0.39, 0.29) is 0 Å². The quantitative estimate of drug-likeness (QED) is 0.729. The van der Waals surface area contributed by atoms with E-state index < -0.39 is 0 Å². The first-order valence-electron chi connectivity index (χ1n) is 7.83. The molecule has 4 atom stereocenters. The molecule has 0 aromatic rings. The zero-order chi connectivity index (χ0) is 12.3. The first-order valence-corrected chi connectivity index (χ1v) is 7.83. The molecule has 0 amide bonds. The predicted molar refractivity (Wildman–Crippen MR) is 71.8 cm³/mol. The van der Waals surface area contributed by atoms with E-state index in [0.717, 1.165) is 12.1 Å². The second-order valence-corrected chi connectivity index (χ2v) is 6.46. The Balaban J connectivity index is 1.66. The van der Waals surface area contributed by atoms with Crippen LogP contribution in [0, 0.1) is 0 Å². The molecule has 18 heavy (non-hydrogen) atoms. The summed E-state index contributed by atoms with van der Waals surface area (Å²) in [5.74, 6) is 0. The van der Waals surface area contributed by atoms with E-state index in [1.807, 2.05) is 0 Å². The molecule has 4 aliphatic rings. The highest BCUT2D eigenvalue weighted by atomic mass is 15.7. The highest BCUT2D eigenvalue weighted by Crippen LogP contribution is 2.41. The van der Waals surface area contributed by atoms with E-state index in [4.69, 9.17) is 0 Å². The summed E-state index contributed by atoms with van der Waals surface area (Å²) in [5, 5.41) is 0. The van der Waals surface area contributed by atoms with Crippen molar-refractivity contribution >= 4 is 0 Å². The third-order valence-electron chi connectivity index (χ3n) is 5.76. The van der Waals surface area contributed by atoms with E-state index in [0.29, 0.717) is 12.3 Å². The molecule has 4 rings (SSSR count). The lowest BCUT2D eigenvalue weighted by atomic mass is 10.0. The largest absolute Gasteiger partial charge is 0.272 e. The normalized spacial score (nSPS) is 45.7. The Hall–Kier alpha value is -0.160. The Bertz CT molecular complexity index is 302. The number of hydrogen-bond donors (Lipinski definition) is 0. The molecule has 0 radical (unpaired) electrons. The maximum Gasteiger partial charge on any atom is 0.0945 e. The zero-order valence-corrected chi connectivity index (χ0v) is 11.8. The predicted octanol–water partition coefficient (Wildman–Crippen LogP) is 1.15. The zero-order valence-electron chi connectivity index (χ0n) is 11.8. The molecule has 4 saturated heterocycles. The summed E-state index contributed by atoms with van der Waals surface area (Å²) in [6.45, 7) is 9.79. The van der Waals surface area contributed by atoms with Crippen LogP contribution in [0.5, 0.6) is 0 Å². The molecular formula is C14H26N4. The van der Waals surface area contributed by atoms with Crippen LogP contribution in [0.4, 0.5) is 0 Å². The molecule has 4 heteroatoms. The maximum atomic E-state index is 2.80. The Morgan fingerprint density at radius 1 is 0.778 bits per heavy atom. The lowest BCUT2D eigenvalue weighted by Gasteiger charge is -2.42. The van der Waals surface area contributed by atoms with Gasteiger partial charge in [0.15, 0.2) is 0 Å². The van der Waals surface area contributed by atoms with Gasteiger partial charge in [-0.15, -0.1) is 0 Å². The average molecular weight is 250 g/mol. The van der Waals surface area contributed by atoms with Gasteiger partial charge in [-0.3, -0.25) is 19.6 Å². The molecule has 0 unspecified atom stereocenters. The van der Waals surface area contributed by atoms with Crippen LogP contribution in [-0.4, -0.2) is 70.4 Å². The van der Waals surface area contributed by atoms with E-state index in [1.54, 1.807) is 0 Å². The van der Waals surface area contributed by atoms with Crippen molar-refractivity contribution in [1.82, 2.24) is 19.6 Å². The smallest absolute Gasteiger partial charge is 0.0945 e. The van der Waals surface area contributed by atoms with Gasteiger partial charge >= 0.3 is 0 Å². The Labute approximate surface area is 110 Å². The maximum absolute atomic E-state index is 2.80. The van der Waals surface area contributed by atoms with Crippen molar-refractivity contribution in [3.05, 3.63) is 0 Å². The fourth-order valence-corrected chi connectivity index (χ4v) is 4.80. The topological polar surface area (TPSA) is 13.0 Å². The monoisotopic (exact) mass is 250 g/mol. The Morgan fingerprint density at radius 3 is 1.61 bits per heavy atom.